The van der Waals surface area contributed by atoms with Gasteiger partial charge in [0.25, 0.3) is 0 Å². The number of aryl methyl sites for hydroxylation is 2. The fourth-order valence-electron chi connectivity index (χ4n) is 2.18. The van der Waals surface area contributed by atoms with Crippen LogP contribution >= 0.6 is 0 Å². The summed E-state index contributed by atoms with van der Waals surface area (Å²) in [5.41, 5.74) is 3.02. The molecule has 0 aliphatic rings. The topological polar surface area (TPSA) is 52.7 Å². The van der Waals surface area contributed by atoms with E-state index in [1.54, 1.807) is 4.90 Å². The second-order valence-corrected chi connectivity index (χ2v) is 5.86. The zero-order valence-corrected chi connectivity index (χ0v) is 14.3. The van der Waals surface area contributed by atoms with E-state index in [0.29, 0.717) is 19.5 Å². The zero-order valence-electron chi connectivity index (χ0n) is 14.3. The number of hydrogen-bond donors (Lipinski definition) is 1. The minimum atomic E-state index is -0.0465. The SMILES string of the molecule is CC(=O)N(CCC(=O)NCCN(C)C)c1cc(C)ccc1C. The summed E-state index contributed by atoms with van der Waals surface area (Å²) in [4.78, 5) is 27.5. The highest BCUT2D eigenvalue weighted by Crippen LogP contribution is 2.22. The van der Waals surface area contributed by atoms with Crippen molar-refractivity contribution in [1.29, 1.82) is 0 Å². The van der Waals surface area contributed by atoms with Gasteiger partial charge in [-0.3, -0.25) is 9.59 Å². The van der Waals surface area contributed by atoms with Gasteiger partial charge in [-0.05, 0) is 45.1 Å². The van der Waals surface area contributed by atoms with Gasteiger partial charge in [0.15, 0.2) is 0 Å². The number of amides is 2. The Kier molecular flexibility index (Phi) is 7.05. The van der Waals surface area contributed by atoms with Crippen molar-refractivity contribution in [2.75, 3.05) is 38.6 Å². The number of likely N-dealkylation sites (N-methyl/N-ethyl adjacent to an activating group) is 1. The molecule has 1 aromatic rings. The lowest BCUT2D eigenvalue weighted by atomic mass is 10.1. The molecule has 0 fully saturated rings. The third-order valence-electron chi connectivity index (χ3n) is 3.48. The molecule has 2 amide bonds. The molecule has 0 aliphatic heterocycles. The number of nitrogens with zero attached hydrogens (tertiary/aromatic N) is 2. The van der Waals surface area contributed by atoms with Gasteiger partial charge in [-0.15, -0.1) is 0 Å². The molecule has 0 heterocycles. The van der Waals surface area contributed by atoms with Gasteiger partial charge in [-0.25, -0.2) is 0 Å². The number of hydrogen-bond acceptors (Lipinski definition) is 3. The van der Waals surface area contributed by atoms with Crippen LogP contribution < -0.4 is 10.2 Å². The summed E-state index contributed by atoms with van der Waals surface area (Å²) in [5.74, 6) is -0.0757. The number of nitrogens with one attached hydrogen (secondary N) is 1. The number of benzene rings is 1. The molecule has 0 unspecified atom stereocenters. The van der Waals surface area contributed by atoms with E-state index in [9.17, 15) is 9.59 Å². The Morgan fingerprint density at radius 3 is 2.41 bits per heavy atom. The third-order valence-corrected chi connectivity index (χ3v) is 3.48. The first kappa shape index (κ1) is 18.2. The van der Waals surface area contributed by atoms with Crippen molar-refractivity contribution < 1.29 is 9.59 Å². The molecule has 0 spiro atoms. The number of carbonyl (C=O) groups is 2. The molecular weight excluding hydrogens is 278 g/mol. The highest BCUT2D eigenvalue weighted by molar-refractivity contribution is 5.93. The standard InChI is InChI=1S/C17H27N3O2/c1-13-6-7-14(2)16(12-13)20(15(3)21)10-8-17(22)18-9-11-19(4)5/h6-7,12H,8-11H2,1-5H3,(H,18,22). The van der Waals surface area contributed by atoms with Crippen LogP contribution in [0.3, 0.4) is 0 Å². The van der Waals surface area contributed by atoms with Crippen molar-refractivity contribution >= 4 is 17.5 Å². The molecule has 5 heteroatoms. The predicted octanol–water partition coefficient (Wildman–Crippen LogP) is 1.72. The Labute approximate surface area is 133 Å². The predicted molar refractivity (Wildman–Crippen MR) is 90.1 cm³/mol. The fourth-order valence-corrected chi connectivity index (χ4v) is 2.18. The van der Waals surface area contributed by atoms with Crippen LogP contribution in [0.1, 0.15) is 24.5 Å². The highest BCUT2D eigenvalue weighted by atomic mass is 16.2. The smallest absolute Gasteiger partial charge is 0.223 e. The molecule has 0 atom stereocenters. The molecule has 22 heavy (non-hydrogen) atoms. The van der Waals surface area contributed by atoms with Crippen LogP contribution in [0.15, 0.2) is 18.2 Å². The minimum absolute atomic E-state index is 0.0293. The van der Waals surface area contributed by atoms with Crippen molar-refractivity contribution in [2.24, 2.45) is 0 Å². The number of rotatable bonds is 7. The van der Waals surface area contributed by atoms with E-state index in [2.05, 4.69) is 5.32 Å². The van der Waals surface area contributed by atoms with Crippen LogP contribution in [0, 0.1) is 13.8 Å². The van der Waals surface area contributed by atoms with Crippen LogP contribution in [0.4, 0.5) is 5.69 Å². The van der Waals surface area contributed by atoms with Gasteiger partial charge in [0.2, 0.25) is 11.8 Å². The van der Waals surface area contributed by atoms with Crippen molar-refractivity contribution in [2.45, 2.75) is 27.2 Å². The van der Waals surface area contributed by atoms with E-state index in [4.69, 9.17) is 0 Å². The Hall–Kier alpha value is -1.88. The lowest BCUT2D eigenvalue weighted by molar-refractivity contribution is -0.121. The average Bonchev–Trinajstić information content (AvgIpc) is 2.42. The first-order valence-corrected chi connectivity index (χ1v) is 7.58. The highest BCUT2D eigenvalue weighted by Gasteiger charge is 2.15. The second kappa shape index (κ2) is 8.54. The van der Waals surface area contributed by atoms with Gasteiger partial charge in [-0.1, -0.05) is 12.1 Å². The van der Waals surface area contributed by atoms with Gasteiger partial charge in [0, 0.05) is 38.7 Å². The summed E-state index contributed by atoms with van der Waals surface area (Å²) in [7, 11) is 3.92. The summed E-state index contributed by atoms with van der Waals surface area (Å²) < 4.78 is 0. The van der Waals surface area contributed by atoms with E-state index >= 15 is 0 Å². The van der Waals surface area contributed by atoms with Crippen LogP contribution in [0.5, 0.6) is 0 Å². The number of anilines is 1. The van der Waals surface area contributed by atoms with Crippen molar-refractivity contribution in [3.63, 3.8) is 0 Å². The Morgan fingerprint density at radius 2 is 1.82 bits per heavy atom. The van der Waals surface area contributed by atoms with Crippen LogP contribution in [0.2, 0.25) is 0 Å². The molecule has 0 bridgehead atoms. The van der Waals surface area contributed by atoms with Crippen molar-refractivity contribution in [3.05, 3.63) is 29.3 Å². The van der Waals surface area contributed by atoms with Gasteiger partial charge in [0.05, 0.1) is 0 Å². The molecular formula is C17H27N3O2. The molecule has 0 saturated carbocycles. The zero-order chi connectivity index (χ0) is 16.7. The van der Waals surface area contributed by atoms with Crippen LogP contribution in [0.25, 0.3) is 0 Å². The summed E-state index contributed by atoms with van der Waals surface area (Å²) in [5, 5.41) is 2.87. The molecule has 0 aliphatic carbocycles. The first-order chi connectivity index (χ1) is 10.3. The minimum Gasteiger partial charge on any atom is -0.355 e. The van der Waals surface area contributed by atoms with Gasteiger partial charge >= 0.3 is 0 Å². The molecule has 1 rings (SSSR count). The lowest BCUT2D eigenvalue weighted by Gasteiger charge is -2.23. The van der Waals surface area contributed by atoms with Crippen molar-refractivity contribution in [3.8, 4) is 0 Å². The van der Waals surface area contributed by atoms with Gasteiger partial charge in [-0.2, -0.15) is 0 Å². The summed E-state index contributed by atoms with van der Waals surface area (Å²) in [6.07, 6.45) is 0.306. The van der Waals surface area contributed by atoms with Crippen molar-refractivity contribution in [1.82, 2.24) is 10.2 Å². The van der Waals surface area contributed by atoms with Gasteiger partial charge < -0.3 is 15.1 Å². The van der Waals surface area contributed by atoms with E-state index < -0.39 is 0 Å². The average molecular weight is 305 g/mol. The molecule has 122 valence electrons. The Morgan fingerprint density at radius 1 is 1.14 bits per heavy atom. The molecule has 0 aromatic heterocycles. The molecule has 1 aromatic carbocycles. The first-order valence-electron chi connectivity index (χ1n) is 7.58. The molecule has 1 N–H and O–H groups in total. The van der Waals surface area contributed by atoms with E-state index in [0.717, 1.165) is 23.4 Å². The van der Waals surface area contributed by atoms with Crippen LogP contribution in [-0.2, 0) is 9.59 Å². The monoisotopic (exact) mass is 305 g/mol. The molecule has 0 saturated heterocycles. The quantitative estimate of drug-likeness (QED) is 0.834. The fraction of sp³-hybridized carbons (Fsp3) is 0.529. The maximum atomic E-state index is 11.9. The van der Waals surface area contributed by atoms with E-state index in [1.165, 1.54) is 6.92 Å². The third kappa shape index (κ3) is 5.85. The molecule has 5 nitrogen and oxygen atoms in total. The summed E-state index contributed by atoms with van der Waals surface area (Å²) >= 11 is 0. The lowest BCUT2D eigenvalue weighted by Crippen LogP contribution is -2.36. The second-order valence-electron chi connectivity index (χ2n) is 5.86. The summed E-state index contributed by atoms with van der Waals surface area (Å²) in [6, 6.07) is 6.00. The number of carbonyl (C=O) groups excluding carboxylic acids is 2. The maximum Gasteiger partial charge on any atom is 0.223 e. The summed E-state index contributed by atoms with van der Waals surface area (Å²) in [6.45, 7) is 7.32. The largest absolute Gasteiger partial charge is 0.355 e. The van der Waals surface area contributed by atoms with Gasteiger partial charge in [0.1, 0.15) is 0 Å². The Bertz CT molecular complexity index is 527. The van der Waals surface area contributed by atoms with E-state index in [-0.39, 0.29) is 11.8 Å². The molecule has 0 radical (unpaired) electrons. The van der Waals surface area contributed by atoms with E-state index in [1.807, 2.05) is 51.0 Å². The normalized spacial score (nSPS) is 10.6. The van der Waals surface area contributed by atoms with Crippen LogP contribution in [-0.4, -0.2) is 50.4 Å². The maximum absolute atomic E-state index is 11.9. The Balaban J connectivity index is 2.64.